The summed E-state index contributed by atoms with van der Waals surface area (Å²) in [5.74, 6) is 3.76. The molecule has 23 heavy (non-hydrogen) atoms. The van der Waals surface area contributed by atoms with Crippen LogP contribution in [0.2, 0.25) is 0 Å². The number of carbonyl (C=O) groups excluding carboxylic acids is 2. The van der Waals surface area contributed by atoms with Gasteiger partial charge in [0.2, 0.25) is 0 Å². The Labute approximate surface area is 144 Å². The van der Waals surface area contributed by atoms with Gasteiger partial charge in [-0.25, -0.2) is 0 Å². The van der Waals surface area contributed by atoms with E-state index in [1.54, 1.807) is 0 Å². The fourth-order valence-electron chi connectivity index (χ4n) is 6.77. The zero-order chi connectivity index (χ0) is 16.4. The van der Waals surface area contributed by atoms with Crippen LogP contribution in [0.25, 0.3) is 0 Å². The molecule has 3 saturated carbocycles. The normalized spacial score (nSPS) is 49.3. The summed E-state index contributed by atoms with van der Waals surface area (Å²) in [5.41, 5.74) is 1.44. The molecule has 0 radical (unpaired) electrons. The van der Waals surface area contributed by atoms with Crippen LogP contribution in [-0.4, -0.2) is 17.3 Å². The van der Waals surface area contributed by atoms with Gasteiger partial charge in [-0.05, 0) is 68.1 Å². The van der Waals surface area contributed by atoms with Crippen molar-refractivity contribution in [3.63, 3.8) is 0 Å². The van der Waals surface area contributed by atoms with E-state index in [1.165, 1.54) is 12.0 Å². The van der Waals surface area contributed by atoms with Crippen molar-refractivity contribution in [1.29, 1.82) is 0 Å². The minimum absolute atomic E-state index is 0.0793. The fraction of sp³-hybridized carbons (Fsp3) is 0.800. The molecule has 0 heterocycles. The monoisotopic (exact) mass is 332 g/mol. The molecule has 0 N–H and O–H groups in total. The molecule has 0 bridgehead atoms. The second-order valence-corrected chi connectivity index (χ2v) is 9.14. The van der Waals surface area contributed by atoms with Gasteiger partial charge in [-0.3, -0.25) is 9.59 Å². The summed E-state index contributed by atoms with van der Waals surface area (Å²) in [6, 6.07) is 0. The summed E-state index contributed by atoms with van der Waals surface area (Å²) in [6.45, 7) is 4.37. The third-order valence-electron chi connectivity index (χ3n) is 7.98. The molecule has 2 nitrogen and oxygen atoms in total. The summed E-state index contributed by atoms with van der Waals surface area (Å²) < 4.78 is 0. The van der Waals surface area contributed by atoms with Crippen molar-refractivity contribution < 1.29 is 9.59 Å². The molecule has 0 aliphatic heterocycles. The van der Waals surface area contributed by atoms with Crippen LogP contribution in [0.15, 0.2) is 11.6 Å². The number of hydrogen-bond donors (Lipinski definition) is 1. The number of rotatable bonds is 1. The predicted molar refractivity (Wildman–Crippen MR) is 94.4 cm³/mol. The Morgan fingerprint density at radius 1 is 1.17 bits per heavy atom. The van der Waals surface area contributed by atoms with Gasteiger partial charge in [0.25, 0.3) is 0 Å². The second-order valence-electron chi connectivity index (χ2n) is 8.82. The van der Waals surface area contributed by atoms with E-state index in [-0.39, 0.29) is 16.7 Å². The highest BCUT2D eigenvalue weighted by Crippen LogP contribution is 2.65. The van der Waals surface area contributed by atoms with Crippen LogP contribution >= 0.6 is 12.6 Å². The van der Waals surface area contributed by atoms with E-state index in [4.69, 9.17) is 12.6 Å². The number of thiol groups is 1. The molecule has 3 heteroatoms. The van der Waals surface area contributed by atoms with Gasteiger partial charge in [0.1, 0.15) is 5.78 Å². The third-order valence-corrected chi connectivity index (χ3v) is 8.54. The Kier molecular flexibility index (Phi) is 3.61. The Balaban J connectivity index is 1.73. The molecule has 0 aromatic heterocycles. The van der Waals surface area contributed by atoms with E-state index in [9.17, 15) is 9.59 Å². The van der Waals surface area contributed by atoms with Crippen molar-refractivity contribution in [2.75, 3.05) is 5.75 Å². The SMILES string of the molecule is CC1C[C@H]2[C@@H]3CCC4=CC(=O)CC[C@]4(CS)[C@H]3CC[C@]2(C)C1=O. The molecule has 6 atom stereocenters. The first-order chi connectivity index (χ1) is 10.9. The Morgan fingerprint density at radius 3 is 2.70 bits per heavy atom. The lowest BCUT2D eigenvalue weighted by atomic mass is 9.47. The number of allylic oxidation sites excluding steroid dienone is 1. The Hall–Kier alpha value is -0.570. The van der Waals surface area contributed by atoms with E-state index < -0.39 is 0 Å². The average molecular weight is 333 g/mol. The standard InChI is InChI=1S/C20H28O2S/c1-12-9-17-15-4-3-13-10-14(21)5-8-20(13,11-23)16(15)6-7-19(17,2)18(12)22/h10,12,15-17,23H,3-9,11H2,1-2H3/t12?,15-,16+,17+,19+,20-/m1/s1. The smallest absolute Gasteiger partial charge is 0.155 e. The number of fused-ring (bicyclic) bond motifs is 5. The average Bonchev–Trinajstić information content (AvgIpc) is 2.78. The molecular weight excluding hydrogens is 304 g/mol. The number of hydrogen-bond acceptors (Lipinski definition) is 3. The third kappa shape index (κ3) is 2.01. The van der Waals surface area contributed by atoms with Crippen molar-refractivity contribution in [2.24, 2.45) is 34.5 Å². The summed E-state index contributed by atoms with van der Waals surface area (Å²) in [5, 5.41) is 0. The van der Waals surface area contributed by atoms with E-state index in [1.807, 2.05) is 6.08 Å². The van der Waals surface area contributed by atoms with Crippen LogP contribution in [0, 0.1) is 34.5 Å². The highest BCUT2D eigenvalue weighted by atomic mass is 32.1. The van der Waals surface area contributed by atoms with Crippen molar-refractivity contribution >= 4 is 24.2 Å². The van der Waals surface area contributed by atoms with Crippen molar-refractivity contribution in [3.05, 3.63) is 11.6 Å². The zero-order valence-electron chi connectivity index (χ0n) is 14.3. The molecule has 0 aromatic carbocycles. The summed E-state index contributed by atoms with van der Waals surface area (Å²) >= 11 is 4.76. The molecule has 0 amide bonds. The van der Waals surface area contributed by atoms with Gasteiger partial charge < -0.3 is 0 Å². The lowest BCUT2D eigenvalue weighted by molar-refractivity contribution is -0.134. The fourth-order valence-corrected chi connectivity index (χ4v) is 7.37. The number of Topliss-reactive ketones (excluding diaryl/α,β-unsaturated/α-hetero) is 1. The van der Waals surface area contributed by atoms with Crippen molar-refractivity contribution in [3.8, 4) is 0 Å². The molecule has 0 aromatic rings. The summed E-state index contributed by atoms with van der Waals surface area (Å²) in [6.07, 6.45) is 9.09. The van der Waals surface area contributed by atoms with Gasteiger partial charge in [-0.1, -0.05) is 19.4 Å². The number of carbonyl (C=O) groups is 2. The van der Waals surface area contributed by atoms with Crippen molar-refractivity contribution in [1.82, 2.24) is 0 Å². The predicted octanol–water partition coefficient (Wildman–Crippen LogP) is 4.24. The second kappa shape index (κ2) is 5.21. The lowest BCUT2D eigenvalue weighted by Crippen LogP contribution is -2.52. The summed E-state index contributed by atoms with van der Waals surface area (Å²) in [7, 11) is 0. The number of ketones is 2. The van der Waals surface area contributed by atoms with Crippen LogP contribution in [-0.2, 0) is 9.59 Å². The maximum absolute atomic E-state index is 12.7. The first kappa shape index (κ1) is 15.9. The first-order valence-electron chi connectivity index (χ1n) is 9.31. The van der Waals surface area contributed by atoms with E-state index in [0.29, 0.717) is 35.7 Å². The molecule has 1 unspecified atom stereocenters. The molecule has 126 valence electrons. The van der Waals surface area contributed by atoms with E-state index >= 15 is 0 Å². The molecule has 3 fully saturated rings. The van der Waals surface area contributed by atoms with Gasteiger partial charge in [-0.15, -0.1) is 0 Å². The quantitative estimate of drug-likeness (QED) is 0.729. The van der Waals surface area contributed by atoms with Crippen molar-refractivity contribution in [2.45, 2.75) is 58.8 Å². The highest BCUT2D eigenvalue weighted by molar-refractivity contribution is 7.80. The zero-order valence-corrected chi connectivity index (χ0v) is 15.2. The Bertz CT molecular complexity index is 594. The van der Waals surface area contributed by atoms with Gasteiger partial charge in [-0.2, -0.15) is 12.6 Å². The molecular formula is C20H28O2S. The van der Waals surface area contributed by atoms with Gasteiger partial charge in [0.05, 0.1) is 0 Å². The van der Waals surface area contributed by atoms with Gasteiger partial charge in [0, 0.05) is 23.2 Å². The van der Waals surface area contributed by atoms with Crippen LogP contribution in [0.1, 0.15) is 58.8 Å². The highest BCUT2D eigenvalue weighted by Gasteiger charge is 2.61. The first-order valence-corrected chi connectivity index (χ1v) is 9.95. The minimum atomic E-state index is -0.0793. The molecule has 4 aliphatic carbocycles. The van der Waals surface area contributed by atoms with Gasteiger partial charge >= 0.3 is 0 Å². The van der Waals surface area contributed by atoms with Crippen LogP contribution in [0.3, 0.4) is 0 Å². The molecule has 0 spiro atoms. The Morgan fingerprint density at radius 2 is 1.96 bits per heavy atom. The van der Waals surface area contributed by atoms with Crippen LogP contribution < -0.4 is 0 Å². The maximum Gasteiger partial charge on any atom is 0.155 e. The van der Waals surface area contributed by atoms with E-state index in [2.05, 4.69) is 13.8 Å². The molecule has 4 aliphatic rings. The summed E-state index contributed by atoms with van der Waals surface area (Å²) in [4.78, 5) is 24.6. The molecule has 0 saturated heterocycles. The van der Waals surface area contributed by atoms with Crippen LogP contribution in [0.4, 0.5) is 0 Å². The lowest BCUT2D eigenvalue weighted by Gasteiger charge is -2.57. The van der Waals surface area contributed by atoms with Crippen LogP contribution in [0.5, 0.6) is 0 Å². The maximum atomic E-state index is 12.7. The van der Waals surface area contributed by atoms with E-state index in [0.717, 1.165) is 37.9 Å². The minimum Gasteiger partial charge on any atom is -0.299 e. The molecule has 4 rings (SSSR count). The topological polar surface area (TPSA) is 34.1 Å². The van der Waals surface area contributed by atoms with Gasteiger partial charge in [0.15, 0.2) is 5.78 Å². The largest absolute Gasteiger partial charge is 0.299 e.